The third-order valence-electron chi connectivity index (χ3n) is 7.51. The predicted molar refractivity (Wildman–Crippen MR) is 163 cm³/mol. The number of hydrogen-bond donors (Lipinski definition) is 0. The molecule has 9 heteroatoms. The van der Waals surface area contributed by atoms with E-state index in [4.69, 9.17) is 23.2 Å². The lowest BCUT2D eigenvalue weighted by Gasteiger charge is -2.37. The number of carbonyl (C=O) groups excluding carboxylic acids is 2. The Morgan fingerprint density at radius 2 is 1.59 bits per heavy atom. The largest absolute Gasteiger partial charge is 0.352 e. The molecule has 5 rings (SSSR count). The minimum Gasteiger partial charge on any atom is -0.352 e. The molecule has 0 radical (unpaired) electrons. The van der Waals surface area contributed by atoms with Crippen molar-refractivity contribution in [2.45, 2.75) is 19.9 Å². The van der Waals surface area contributed by atoms with Crippen LogP contribution in [0, 0.1) is 6.92 Å². The number of aromatic nitrogens is 2. The standard InChI is InChI=1S/C32H31Cl2N5O2/c1-22-8-6-7-11-26(22)32(41)39(23(2)24-9-4-3-5-10-24)21-31(40)38-18-16-37(17-19-38)30-15-14-29(35-36-30)27-13-12-25(33)20-28(27)34/h3-15,20,23H,16-19,21H2,1-2H3. The van der Waals surface area contributed by atoms with E-state index in [1.807, 2.05) is 91.5 Å². The van der Waals surface area contributed by atoms with Gasteiger partial charge < -0.3 is 14.7 Å². The first-order chi connectivity index (χ1) is 19.8. The molecule has 0 bridgehead atoms. The van der Waals surface area contributed by atoms with Gasteiger partial charge in [-0.3, -0.25) is 9.59 Å². The number of carbonyl (C=O) groups is 2. The molecule has 1 unspecified atom stereocenters. The summed E-state index contributed by atoms with van der Waals surface area (Å²) in [5.41, 5.74) is 3.90. The summed E-state index contributed by atoms with van der Waals surface area (Å²) in [5.74, 6) is 0.510. The summed E-state index contributed by atoms with van der Waals surface area (Å²) < 4.78 is 0. The highest BCUT2D eigenvalue weighted by Crippen LogP contribution is 2.29. The molecule has 1 aliphatic rings. The maximum Gasteiger partial charge on any atom is 0.255 e. The summed E-state index contributed by atoms with van der Waals surface area (Å²) in [4.78, 5) is 32.9. The quantitative estimate of drug-likeness (QED) is 0.253. The number of anilines is 1. The first-order valence-electron chi connectivity index (χ1n) is 13.5. The zero-order chi connectivity index (χ0) is 28.9. The van der Waals surface area contributed by atoms with Crippen molar-refractivity contribution in [3.63, 3.8) is 0 Å². The van der Waals surface area contributed by atoms with Gasteiger partial charge in [0.15, 0.2) is 5.82 Å². The molecule has 2 heterocycles. The fourth-order valence-electron chi connectivity index (χ4n) is 5.03. The van der Waals surface area contributed by atoms with Crippen LogP contribution in [0.15, 0.2) is 84.9 Å². The Morgan fingerprint density at radius 1 is 0.878 bits per heavy atom. The van der Waals surface area contributed by atoms with Crippen LogP contribution in [0.25, 0.3) is 11.3 Å². The summed E-state index contributed by atoms with van der Waals surface area (Å²) in [7, 11) is 0. The zero-order valence-corrected chi connectivity index (χ0v) is 24.5. The van der Waals surface area contributed by atoms with Crippen molar-refractivity contribution < 1.29 is 9.59 Å². The summed E-state index contributed by atoms with van der Waals surface area (Å²) in [6.45, 7) is 6.16. The van der Waals surface area contributed by atoms with Gasteiger partial charge in [0.1, 0.15) is 6.54 Å². The monoisotopic (exact) mass is 587 g/mol. The van der Waals surface area contributed by atoms with Gasteiger partial charge in [-0.15, -0.1) is 10.2 Å². The Morgan fingerprint density at radius 3 is 2.24 bits per heavy atom. The van der Waals surface area contributed by atoms with Crippen molar-refractivity contribution >= 4 is 40.8 Å². The second-order valence-corrected chi connectivity index (χ2v) is 10.9. The van der Waals surface area contributed by atoms with Gasteiger partial charge in [0.2, 0.25) is 5.91 Å². The SMILES string of the molecule is Cc1ccccc1C(=O)N(CC(=O)N1CCN(c2ccc(-c3ccc(Cl)cc3Cl)nn2)CC1)C(C)c1ccccc1. The third kappa shape index (κ3) is 6.53. The smallest absolute Gasteiger partial charge is 0.255 e. The Bertz CT molecular complexity index is 1520. The molecule has 41 heavy (non-hydrogen) atoms. The molecule has 1 aromatic heterocycles. The van der Waals surface area contributed by atoms with Crippen molar-refractivity contribution in [2.75, 3.05) is 37.6 Å². The molecule has 0 aliphatic carbocycles. The van der Waals surface area contributed by atoms with Gasteiger partial charge in [0, 0.05) is 42.3 Å². The van der Waals surface area contributed by atoms with E-state index < -0.39 is 0 Å². The van der Waals surface area contributed by atoms with Crippen LogP contribution >= 0.6 is 23.2 Å². The molecule has 0 N–H and O–H groups in total. The number of piperazine rings is 1. The summed E-state index contributed by atoms with van der Waals surface area (Å²) in [6, 6.07) is 26.1. The molecule has 1 aliphatic heterocycles. The van der Waals surface area contributed by atoms with Crippen LogP contribution in [0.5, 0.6) is 0 Å². The van der Waals surface area contributed by atoms with Crippen LogP contribution in [0.4, 0.5) is 5.82 Å². The minimum absolute atomic E-state index is 0.000414. The van der Waals surface area contributed by atoms with Crippen molar-refractivity contribution in [2.24, 2.45) is 0 Å². The average molecular weight is 589 g/mol. The van der Waals surface area contributed by atoms with Gasteiger partial charge in [-0.1, -0.05) is 71.7 Å². The van der Waals surface area contributed by atoms with Crippen molar-refractivity contribution in [3.05, 3.63) is 112 Å². The van der Waals surface area contributed by atoms with E-state index in [1.54, 1.807) is 17.0 Å². The Kier molecular flexibility index (Phi) is 8.86. The van der Waals surface area contributed by atoms with E-state index in [0.717, 1.165) is 22.5 Å². The van der Waals surface area contributed by atoms with Crippen LogP contribution < -0.4 is 4.90 Å². The van der Waals surface area contributed by atoms with Gasteiger partial charge in [0.05, 0.1) is 16.8 Å². The number of aryl methyl sites for hydroxylation is 1. The van der Waals surface area contributed by atoms with Crippen molar-refractivity contribution in [1.82, 2.24) is 20.0 Å². The summed E-state index contributed by atoms with van der Waals surface area (Å²) in [6.07, 6.45) is 0. The lowest BCUT2D eigenvalue weighted by Crippen LogP contribution is -2.52. The molecule has 210 valence electrons. The predicted octanol–water partition coefficient (Wildman–Crippen LogP) is 6.31. The van der Waals surface area contributed by atoms with Crippen LogP contribution in [0.1, 0.15) is 34.5 Å². The van der Waals surface area contributed by atoms with Crippen LogP contribution in [-0.4, -0.2) is 64.5 Å². The van der Waals surface area contributed by atoms with Gasteiger partial charge in [0.25, 0.3) is 5.91 Å². The molecule has 1 fully saturated rings. The molecular weight excluding hydrogens is 557 g/mol. The molecule has 1 saturated heterocycles. The average Bonchev–Trinajstić information content (AvgIpc) is 3.00. The fourth-order valence-corrected chi connectivity index (χ4v) is 5.53. The van der Waals surface area contributed by atoms with Gasteiger partial charge in [-0.05, 0) is 61.4 Å². The first-order valence-corrected chi connectivity index (χ1v) is 14.3. The zero-order valence-electron chi connectivity index (χ0n) is 23.0. The highest BCUT2D eigenvalue weighted by molar-refractivity contribution is 6.36. The second-order valence-electron chi connectivity index (χ2n) is 10.1. The Labute approximate surface area is 250 Å². The maximum atomic E-state index is 13.7. The fraction of sp³-hybridized carbons (Fsp3) is 0.250. The van der Waals surface area contributed by atoms with E-state index in [0.29, 0.717) is 47.5 Å². The molecule has 7 nitrogen and oxygen atoms in total. The molecular formula is C32H31Cl2N5O2. The summed E-state index contributed by atoms with van der Waals surface area (Å²) in [5, 5.41) is 9.86. The number of rotatable bonds is 7. The molecule has 4 aromatic rings. The molecule has 1 atom stereocenters. The number of hydrogen-bond acceptors (Lipinski definition) is 5. The number of halogens is 2. The van der Waals surface area contributed by atoms with E-state index in [9.17, 15) is 9.59 Å². The highest BCUT2D eigenvalue weighted by Gasteiger charge is 2.29. The van der Waals surface area contributed by atoms with E-state index >= 15 is 0 Å². The first kappa shape index (κ1) is 28.6. The number of amides is 2. The molecule has 3 aromatic carbocycles. The third-order valence-corrected chi connectivity index (χ3v) is 8.05. The maximum absolute atomic E-state index is 13.7. The number of benzene rings is 3. The summed E-state index contributed by atoms with van der Waals surface area (Å²) >= 11 is 12.3. The molecule has 0 spiro atoms. The topological polar surface area (TPSA) is 69.6 Å². The van der Waals surface area contributed by atoms with Crippen LogP contribution in [-0.2, 0) is 4.79 Å². The Balaban J connectivity index is 1.26. The van der Waals surface area contributed by atoms with Gasteiger partial charge >= 0.3 is 0 Å². The van der Waals surface area contributed by atoms with Gasteiger partial charge in [-0.2, -0.15) is 0 Å². The Hall–Kier alpha value is -3.94. The second kappa shape index (κ2) is 12.7. The van der Waals surface area contributed by atoms with E-state index in [2.05, 4.69) is 15.1 Å². The van der Waals surface area contributed by atoms with Crippen molar-refractivity contribution in [1.29, 1.82) is 0 Å². The van der Waals surface area contributed by atoms with Crippen LogP contribution in [0.3, 0.4) is 0 Å². The van der Waals surface area contributed by atoms with E-state index in [1.165, 1.54) is 0 Å². The van der Waals surface area contributed by atoms with Gasteiger partial charge in [-0.25, -0.2) is 0 Å². The van der Waals surface area contributed by atoms with E-state index in [-0.39, 0.29) is 24.4 Å². The van der Waals surface area contributed by atoms with Crippen molar-refractivity contribution in [3.8, 4) is 11.3 Å². The lowest BCUT2D eigenvalue weighted by atomic mass is 10.0. The highest BCUT2D eigenvalue weighted by atomic mass is 35.5. The number of nitrogens with zero attached hydrogens (tertiary/aromatic N) is 5. The molecule has 0 saturated carbocycles. The van der Waals surface area contributed by atoms with Crippen LogP contribution in [0.2, 0.25) is 10.0 Å². The lowest BCUT2D eigenvalue weighted by molar-refractivity contribution is -0.132. The normalized spacial score (nSPS) is 14.0. The molecule has 2 amide bonds. The minimum atomic E-state index is -0.267.